The van der Waals surface area contributed by atoms with E-state index < -0.39 is 0 Å². The van der Waals surface area contributed by atoms with Crippen LogP contribution in [0.3, 0.4) is 0 Å². The van der Waals surface area contributed by atoms with E-state index in [9.17, 15) is 4.79 Å². The van der Waals surface area contributed by atoms with E-state index in [1.165, 1.54) is 6.42 Å². The molecule has 1 amide bonds. The molecule has 1 aliphatic rings. The van der Waals surface area contributed by atoms with Crippen LogP contribution < -0.4 is 0 Å². The maximum atomic E-state index is 12.1. The van der Waals surface area contributed by atoms with Crippen LogP contribution in [-0.4, -0.2) is 33.0 Å². The summed E-state index contributed by atoms with van der Waals surface area (Å²) < 4.78 is 5.80. The van der Waals surface area contributed by atoms with Gasteiger partial charge in [-0.25, -0.2) is 4.98 Å². The Balaban J connectivity index is 1.65. The quantitative estimate of drug-likeness (QED) is 0.926. The number of aryl methyl sites for hydroxylation is 1. The third-order valence-electron chi connectivity index (χ3n) is 3.69. The summed E-state index contributed by atoms with van der Waals surface area (Å²) in [5.74, 6) is 3.69. The van der Waals surface area contributed by atoms with Gasteiger partial charge in [-0.3, -0.25) is 9.89 Å². The highest BCUT2D eigenvalue weighted by molar-refractivity contribution is 5.90. The van der Waals surface area contributed by atoms with Crippen LogP contribution in [0, 0.1) is 12.8 Å². The molecule has 2 unspecified atom stereocenters. The number of furan rings is 1. The number of aromatic amines is 1. The van der Waals surface area contributed by atoms with Gasteiger partial charge >= 0.3 is 0 Å². The number of amides is 1. The van der Waals surface area contributed by atoms with Crippen molar-refractivity contribution >= 4 is 5.91 Å². The van der Waals surface area contributed by atoms with Gasteiger partial charge in [0.05, 0.1) is 6.54 Å². The Hall–Kier alpha value is -2.11. The second kappa shape index (κ2) is 4.77. The minimum Gasteiger partial charge on any atom is -0.464 e. The molecule has 2 atom stereocenters. The summed E-state index contributed by atoms with van der Waals surface area (Å²) in [6, 6.07) is 3.95. The molecular weight excluding hydrogens is 256 g/mol. The van der Waals surface area contributed by atoms with E-state index in [4.69, 9.17) is 4.42 Å². The predicted octanol–water partition coefficient (Wildman–Crippen LogP) is 2.10. The molecule has 0 spiro atoms. The zero-order chi connectivity index (χ0) is 14.3. The first kappa shape index (κ1) is 12.9. The molecule has 6 nitrogen and oxygen atoms in total. The van der Waals surface area contributed by atoms with Gasteiger partial charge in [0.1, 0.15) is 17.3 Å². The van der Waals surface area contributed by atoms with Crippen LogP contribution in [0.1, 0.15) is 47.2 Å². The number of hydrogen-bond donors (Lipinski definition) is 1. The summed E-state index contributed by atoms with van der Waals surface area (Å²) in [6.07, 6.45) is 1.19. The Labute approximate surface area is 117 Å². The van der Waals surface area contributed by atoms with Crippen molar-refractivity contribution < 1.29 is 9.21 Å². The highest BCUT2D eigenvalue weighted by Gasteiger charge is 2.36. The van der Waals surface area contributed by atoms with Gasteiger partial charge in [-0.2, -0.15) is 0 Å². The van der Waals surface area contributed by atoms with E-state index in [-0.39, 0.29) is 11.7 Å². The van der Waals surface area contributed by atoms with Gasteiger partial charge in [0.15, 0.2) is 0 Å². The first-order valence-electron chi connectivity index (χ1n) is 6.77. The molecule has 0 bridgehead atoms. The zero-order valence-corrected chi connectivity index (χ0v) is 11.9. The van der Waals surface area contributed by atoms with Gasteiger partial charge in [-0.15, -0.1) is 5.10 Å². The first-order valence-corrected chi connectivity index (χ1v) is 6.77. The summed E-state index contributed by atoms with van der Waals surface area (Å²) >= 11 is 0. The van der Waals surface area contributed by atoms with Gasteiger partial charge in [0.25, 0.3) is 5.91 Å². The zero-order valence-electron chi connectivity index (χ0n) is 11.9. The topological polar surface area (TPSA) is 75.0 Å². The lowest BCUT2D eigenvalue weighted by Crippen LogP contribution is -2.27. The van der Waals surface area contributed by atoms with Crippen LogP contribution in [0.2, 0.25) is 0 Å². The van der Waals surface area contributed by atoms with Crippen LogP contribution >= 0.6 is 0 Å². The molecule has 3 rings (SSSR count). The van der Waals surface area contributed by atoms with Crippen molar-refractivity contribution in [2.75, 3.05) is 7.05 Å². The summed E-state index contributed by atoms with van der Waals surface area (Å²) in [6.45, 7) is 4.40. The normalized spacial score (nSPS) is 20.9. The van der Waals surface area contributed by atoms with Crippen LogP contribution in [0.4, 0.5) is 0 Å². The molecule has 2 aromatic heterocycles. The van der Waals surface area contributed by atoms with Crippen LogP contribution in [0.5, 0.6) is 0 Å². The largest absolute Gasteiger partial charge is 0.464 e. The smallest absolute Gasteiger partial charge is 0.293 e. The predicted molar refractivity (Wildman–Crippen MR) is 72.1 cm³/mol. The lowest BCUT2D eigenvalue weighted by Gasteiger charge is -2.13. The molecule has 1 N–H and O–H groups in total. The number of rotatable bonds is 4. The van der Waals surface area contributed by atoms with Crippen LogP contribution in [0.15, 0.2) is 16.5 Å². The molecule has 0 aliphatic heterocycles. The molecule has 1 saturated carbocycles. The summed E-state index contributed by atoms with van der Waals surface area (Å²) in [5.41, 5.74) is 0. The number of carbonyl (C=O) groups excluding carboxylic acids is 1. The van der Waals surface area contributed by atoms with Crippen molar-refractivity contribution in [3.05, 3.63) is 35.3 Å². The van der Waals surface area contributed by atoms with Crippen molar-refractivity contribution in [1.29, 1.82) is 0 Å². The highest BCUT2D eigenvalue weighted by atomic mass is 16.3. The summed E-state index contributed by atoms with van der Waals surface area (Å²) in [5, 5.41) is 6.54. The Morgan fingerprint density at radius 3 is 2.90 bits per heavy atom. The third kappa shape index (κ3) is 2.45. The molecule has 1 aliphatic carbocycles. The minimum atomic E-state index is -0.216. The second-order valence-electron chi connectivity index (χ2n) is 5.53. The highest BCUT2D eigenvalue weighted by Crippen LogP contribution is 2.47. The molecular formula is C14H18N4O2. The standard InChI is InChI=1S/C14H18N4O2/c1-8-6-11(8)12-5-4-10(20-12)7-18(3)14(19)13-15-9(2)16-17-13/h4-5,8,11H,6-7H2,1-3H3,(H,15,16,17). The fraction of sp³-hybridized carbons (Fsp3) is 0.500. The Morgan fingerprint density at radius 2 is 2.30 bits per heavy atom. The van der Waals surface area contributed by atoms with E-state index in [0.717, 1.165) is 11.5 Å². The third-order valence-corrected chi connectivity index (χ3v) is 3.69. The summed E-state index contributed by atoms with van der Waals surface area (Å²) in [7, 11) is 1.72. The molecule has 2 heterocycles. The lowest BCUT2D eigenvalue weighted by atomic mass is 10.3. The van der Waals surface area contributed by atoms with Gasteiger partial charge in [0, 0.05) is 13.0 Å². The van der Waals surface area contributed by atoms with E-state index in [1.807, 2.05) is 12.1 Å². The molecule has 106 valence electrons. The van der Waals surface area contributed by atoms with E-state index in [2.05, 4.69) is 22.1 Å². The number of aromatic nitrogens is 3. The maximum absolute atomic E-state index is 12.1. The van der Waals surface area contributed by atoms with Gasteiger partial charge in [-0.05, 0) is 31.4 Å². The molecule has 0 radical (unpaired) electrons. The second-order valence-corrected chi connectivity index (χ2v) is 5.53. The van der Waals surface area contributed by atoms with E-state index in [1.54, 1.807) is 18.9 Å². The number of carbonyl (C=O) groups is 1. The van der Waals surface area contributed by atoms with E-state index >= 15 is 0 Å². The van der Waals surface area contributed by atoms with Crippen molar-refractivity contribution in [2.24, 2.45) is 5.92 Å². The average molecular weight is 274 g/mol. The maximum Gasteiger partial charge on any atom is 0.293 e. The SMILES string of the molecule is Cc1nc(C(=O)N(C)Cc2ccc(C3CC3C)o2)n[nH]1. The van der Waals surface area contributed by atoms with E-state index in [0.29, 0.717) is 24.2 Å². The average Bonchev–Trinajstić information content (AvgIpc) is 2.80. The van der Waals surface area contributed by atoms with Crippen molar-refractivity contribution in [3.8, 4) is 0 Å². The van der Waals surface area contributed by atoms with Crippen LogP contribution in [-0.2, 0) is 6.54 Å². The molecule has 0 aromatic carbocycles. The molecule has 1 fully saturated rings. The number of nitrogens with zero attached hydrogens (tertiary/aromatic N) is 3. The minimum absolute atomic E-state index is 0.188. The fourth-order valence-electron chi connectivity index (χ4n) is 2.31. The first-order chi connectivity index (χ1) is 9.54. The Bertz CT molecular complexity index is 631. The molecule has 6 heteroatoms. The van der Waals surface area contributed by atoms with Gasteiger partial charge in [-0.1, -0.05) is 6.92 Å². The van der Waals surface area contributed by atoms with Crippen molar-refractivity contribution in [1.82, 2.24) is 20.1 Å². The molecule has 2 aromatic rings. The van der Waals surface area contributed by atoms with Crippen LogP contribution in [0.25, 0.3) is 0 Å². The molecule has 0 saturated heterocycles. The lowest BCUT2D eigenvalue weighted by molar-refractivity contribution is 0.0763. The Kier molecular flexibility index (Phi) is 3.08. The Morgan fingerprint density at radius 1 is 1.55 bits per heavy atom. The number of H-pyrrole nitrogens is 1. The number of hydrogen-bond acceptors (Lipinski definition) is 4. The van der Waals surface area contributed by atoms with Gasteiger partial charge < -0.3 is 9.32 Å². The van der Waals surface area contributed by atoms with Crippen molar-refractivity contribution in [2.45, 2.75) is 32.7 Å². The fourth-order valence-corrected chi connectivity index (χ4v) is 2.31. The molecule has 20 heavy (non-hydrogen) atoms. The summed E-state index contributed by atoms with van der Waals surface area (Å²) in [4.78, 5) is 17.7. The number of nitrogens with one attached hydrogen (secondary N) is 1. The van der Waals surface area contributed by atoms with Crippen molar-refractivity contribution in [3.63, 3.8) is 0 Å². The monoisotopic (exact) mass is 274 g/mol. The van der Waals surface area contributed by atoms with Gasteiger partial charge in [0.2, 0.25) is 5.82 Å².